The summed E-state index contributed by atoms with van der Waals surface area (Å²) in [7, 11) is 0. The molecule has 0 radical (unpaired) electrons. The van der Waals surface area contributed by atoms with Crippen LogP contribution in [0.15, 0.2) is 35.1 Å². The lowest BCUT2D eigenvalue weighted by Gasteiger charge is -2.07. The van der Waals surface area contributed by atoms with Gasteiger partial charge in [-0.2, -0.15) is 0 Å². The molecule has 5 heteroatoms. The largest absolute Gasteiger partial charge is 0.349 e. The number of benzene rings is 1. The second-order valence-corrected chi connectivity index (χ2v) is 4.57. The molecule has 0 bridgehead atoms. The molecule has 0 saturated heterocycles. The molecule has 2 N–H and O–H groups in total. The van der Waals surface area contributed by atoms with Gasteiger partial charge in [-0.05, 0) is 39.7 Å². The number of hydrogen-bond acceptors (Lipinski definition) is 1. The first-order valence-electron chi connectivity index (χ1n) is 5.09. The summed E-state index contributed by atoms with van der Waals surface area (Å²) in [4.78, 5) is 0. The second-order valence-electron chi connectivity index (χ2n) is 3.72. The molecule has 0 saturated carbocycles. The fourth-order valence-corrected chi connectivity index (χ4v) is 1.98. The Bertz CT molecular complexity index is 537. The fourth-order valence-electron chi connectivity index (χ4n) is 1.61. The molecule has 0 fully saturated rings. The highest BCUT2D eigenvalue weighted by atomic mass is 79.9. The fraction of sp³-hybridized carbons (Fsp3) is 0.167. The zero-order chi connectivity index (χ0) is 12.4. The molecule has 1 aromatic carbocycles. The minimum atomic E-state index is -0.562. The maximum atomic E-state index is 13.7. The molecule has 1 heterocycles. The number of aromatic nitrogens is 1. The lowest BCUT2D eigenvalue weighted by atomic mass is 10.2. The van der Waals surface area contributed by atoms with Crippen molar-refractivity contribution in [3.05, 3.63) is 57.8 Å². The lowest BCUT2D eigenvalue weighted by molar-refractivity contribution is 0.541. The van der Waals surface area contributed by atoms with Gasteiger partial charge in [-0.25, -0.2) is 8.78 Å². The molecule has 0 aliphatic carbocycles. The van der Waals surface area contributed by atoms with Crippen LogP contribution in [0.3, 0.4) is 0 Å². The van der Waals surface area contributed by atoms with Gasteiger partial charge < -0.3 is 10.3 Å². The van der Waals surface area contributed by atoms with Crippen LogP contribution in [-0.4, -0.2) is 4.57 Å². The Morgan fingerprint density at radius 1 is 1.24 bits per heavy atom. The highest BCUT2D eigenvalue weighted by Gasteiger charge is 2.12. The Morgan fingerprint density at radius 3 is 2.65 bits per heavy atom. The lowest BCUT2D eigenvalue weighted by Crippen LogP contribution is -2.03. The van der Waals surface area contributed by atoms with Crippen LogP contribution in [0, 0.1) is 11.6 Å². The topological polar surface area (TPSA) is 30.9 Å². The maximum absolute atomic E-state index is 13.7. The number of rotatable bonds is 3. The van der Waals surface area contributed by atoms with E-state index in [1.165, 1.54) is 12.1 Å². The van der Waals surface area contributed by atoms with Crippen LogP contribution in [0.25, 0.3) is 0 Å². The highest BCUT2D eigenvalue weighted by Crippen LogP contribution is 2.22. The zero-order valence-electron chi connectivity index (χ0n) is 8.96. The van der Waals surface area contributed by atoms with Crippen molar-refractivity contribution in [2.24, 2.45) is 5.73 Å². The number of nitrogens with zero attached hydrogens (tertiary/aromatic N) is 1. The summed E-state index contributed by atoms with van der Waals surface area (Å²) in [5, 5.41) is 0. The first-order valence-corrected chi connectivity index (χ1v) is 5.88. The van der Waals surface area contributed by atoms with E-state index in [9.17, 15) is 8.78 Å². The Labute approximate surface area is 106 Å². The van der Waals surface area contributed by atoms with E-state index in [0.717, 1.165) is 5.56 Å². The van der Waals surface area contributed by atoms with Crippen molar-refractivity contribution in [2.45, 2.75) is 13.1 Å². The van der Waals surface area contributed by atoms with Crippen molar-refractivity contribution in [1.29, 1.82) is 0 Å². The smallest absolute Gasteiger partial charge is 0.145 e. The Morgan fingerprint density at radius 2 is 2.00 bits per heavy atom. The van der Waals surface area contributed by atoms with Gasteiger partial charge >= 0.3 is 0 Å². The summed E-state index contributed by atoms with van der Waals surface area (Å²) in [5.74, 6) is -1.11. The van der Waals surface area contributed by atoms with Crippen molar-refractivity contribution in [1.82, 2.24) is 4.57 Å². The average molecular weight is 301 g/mol. The molecule has 0 spiro atoms. The molecule has 2 rings (SSSR count). The first-order chi connectivity index (χ1) is 8.11. The molecule has 0 aliphatic heterocycles. The molecule has 0 amide bonds. The summed E-state index contributed by atoms with van der Waals surface area (Å²) >= 11 is 3.04. The molecule has 2 aromatic rings. The first kappa shape index (κ1) is 12.3. The second kappa shape index (κ2) is 4.98. The van der Waals surface area contributed by atoms with Gasteiger partial charge in [0.1, 0.15) is 11.6 Å². The van der Waals surface area contributed by atoms with Crippen LogP contribution in [0.5, 0.6) is 0 Å². The third kappa shape index (κ3) is 2.56. The minimum absolute atomic E-state index is 0.0403. The SMILES string of the molecule is NCc1ccn(Cc2c(F)ccc(Br)c2F)c1. The van der Waals surface area contributed by atoms with Gasteiger partial charge in [-0.15, -0.1) is 0 Å². The van der Waals surface area contributed by atoms with Crippen molar-refractivity contribution in [3.63, 3.8) is 0 Å². The van der Waals surface area contributed by atoms with Gasteiger partial charge in [0.2, 0.25) is 0 Å². The summed E-state index contributed by atoms with van der Waals surface area (Å²) in [5.41, 5.74) is 6.44. The summed E-state index contributed by atoms with van der Waals surface area (Å²) in [6.45, 7) is 0.563. The Balaban J connectivity index is 2.32. The summed E-state index contributed by atoms with van der Waals surface area (Å²) in [6.07, 6.45) is 3.53. The maximum Gasteiger partial charge on any atom is 0.145 e. The molecule has 0 aliphatic rings. The van der Waals surface area contributed by atoms with E-state index in [-0.39, 0.29) is 16.6 Å². The molecule has 0 unspecified atom stereocenters. The van der Waals surface area contributed by atoms with E-state index >= 15 is 0 Å². The molecule has 90 valence electrons. The van der Waals surface area contributed by atoms with Crippen LogP contribution in [0.4, 0.5) is 8.78 Å². The molecular formula is C12H11BrF2N2. The predicted molar refractivity (Wildman–Crippen MR) is 65.5 cm³/mol. The highest BCUT2D eigenvalue weighted by molar-refractivity contribution is 9.10. The van der Waals surface area contributed by atoms with Crippen molar-refractivity contribution < 1.29 is 8.78 Å². The van der Waals surface area contributed by atoms with E-state index in [1.54, 1.807) is 17.0 Å². The van der Waals surface area contributed by atoms with E-state index in [2.05, 4.69) is 15.9 Å². The standard InChI is InChI=1S/C12H11BrF2N2/c13-10-1-2-11(14)9(12(10)15)7-17-4-3-8(5-16)6-17/h1-4,6H,5,7,16H2. The van der Waals surface area contributed by atoms with Crippen LogP contribution in [0.1, 0.15) is 11.1 Å². The average Bonchev–Trinajstić information content (AvgIpc) is 2.77. The van der Waals surface area contributed by atoms with Crippen molar-refractivity contribution >= 4 is 15.9 Å². The van der Waals surface area contributed by atoms with Gasteiger partial charge in [0, 0.05) is 24.5 Å². The minimum Gasteiger partial charge on any atom is -0.349 e. The molecule has 17 heavy (non-hydrogen) atoms. The van der Waals surface area contributed by atoms with Gasteiger partial charge in [-0.1, -0.05) is 0 Å². The van der Waals surface area contributed by atoms with Crippen LogP contribution in [-0.2, 0) is 13.1 Å². The summed E-state index contributed by atoms with van der Waals surface area (Å²) < 4.78 is 29.2. The monoisotopic (exact) mass is 300 g/mol. The molecular weight excluding hydrogens is 290 g/mol. The molecule has 1 aromatic heterocycles. The van der Waals surface area contributed by atoms with Crippen molar-refractivity contribution in [3.8, 4) is 0 Å². The molecule has 2 nitrogen and oxygen atoms in total. The van der Waals surface area contributed by atoms with Crippen LogP contribution < -0.4 is 5.73 Å². The Hall–Kier alpha value is -1.20. The van der Waals surface area contributed by atoms with Gasteiger partial charge in [0.25, 0.3) is 0 Å². The summed E-state index contributed by atoms with van der Waals surface area (Å²) in [6, 6.07) is 4.43. The predicted octanol–water partition coefficient (Wildman–Crippen LogP) is 3.04. The van der Waals surface area contributed by atoms with E-state index in [1.807, 2.05) is 6.07 Å². The normalized spacial score (nSPS) is 10.8. The number of hydrogen-bond donors (Lipinski definition) is 1. The Kier molecular flexibility index (Phi) is 3.59. The van der Waals surface area contributed by atoms with Crippen LogP contribution >= 0.6 is 15.9 Å². The third-order valence-electron chi connectivity index (χ3n) is 2.53. The van der Waals surface area contributed by atoms with Crippen LogP contribution in [0.2, 0.25) is 0 Å². The molecule has 0 atom stereocenters. The number of nitrogens with two attached hydrogens (primary N) is 1. The quantitative estimate of drug-likeness (QED) is 0.868. The van der Waals surface area contributed by atoms with Gasteiger partial charge in [0.15, 0.2) is 0 Å². The van der Waals surface area contributed by atoms with E-state index in [4.69, 9.17) is 5.73 Å². The van der Waals surface area contributed by atoms with E-state index < -0.39 is 11.6 Å². The van der Waals surface area contributed by atoms with E-state index in [0.29, 0.717) is 6.54 Å². The van der Waals surface area contributed by atoms with Gasteiger partial charge in [-0.3, -0.25) is 0 Å². The number of halogens is 3. The van der Waals surface area contributed by atoms with Gasteiger partial charge in [0.05, 0.1) is 11.0 Å². The zero-order valence-corrected chi connectivity index (χ0v) is 10.5. The third-order valence-corrected chi connectivity index (χ3v) is 3.14. The van der Waals surface area contributed by atoms with Crippen molar-refractivity contribution in [2.75, 3.05) is 0 Å².